The van der Waals surface area contributed by atoms with E-state index in [0.29, 0.717) is 156 Å². The zero-order valence-corrected chi connectivity index (χ0v) is 52.0. The molecule has 0 saturated carbocycles. The van der Waals surface area contributed by atoms with Crippen molar-refractivity contribution in [2.24, 2.45) is 0 Å². The highest BCUT2D eigenvalue weighted by Crippen LogP contribution is 2.37. The predicted molar refractivity (Wildman–Crippen MR) is 311 cm³/mol. The molecule has 0 saturated heterocycles. The maximum absolute atomic E-state index is 11.8. The topological polar surface area (TPSA) is 290 Å². The smallest absolute Gasteiger partial charge is 0.325 e. The van der Waals surface area contributed by atoms with Crippen LogP contribution in [0.2, 0.25) is 0 Å². The van der Waals surface area contributed by atoms with E-state index in [4.69, 9.17) is 66.2 Å². The second-order valence-electron chi connectivity index (χ2n) is 18.1. The molecule has 0 heterocycles. The molecule has 0 aromatic rings. The first-order valence-electron chi connectivity index (χ1n) is 28.2. The Hall–Kier alpha value is -1.32. The van der Waals surface area contributed by atoms with Crippen LogP contribution in [0.1, 0.15) is 109 Å². The molecular formula is C52H105N3O20P2S2. The molecule has 0 spiro atoms. The van der Waals surface area contributed by atoms with Crippen molar-refractivity contribution in [3.05, 3.63) is 0 Å². The molecule has 0 radical (unpaired) electrons. The van der Waals surface area contributed by atoms with Crippen LogP contribution in [0.3, 0.4) is 0 Å². The van der Waals surface area contributed by atoms with Crippen molar-refractivity contribution >= 4 is 62.2 Å². The number of ether oxygens (including phenoxy) is 10. The Kier molecular flexibility index (Phi) is 63.3. The van der Waals surface area contributed by atoms with E-state index in [0.717, 1.165) is 102 Å². The van der Waals surface area contributed by atoms with E-state index in [1.54, 1.807) is 37.7 Å². The summed E-state index contributed by atoms with van der Waals surface area (Å²) >= 11 is 3.32. The summed E-state index contributed by atoms with van der Waals surface area (Å²) in [5.41, 5.74) is 0. The van der Waals surface area contributed by atoms with Gasteiger partial charge in [-0.1, -0.05) is 38.5 Å². The lowest BCUT2D eigenvalue weighted by Crippen LogP contribution is -2.29. The van der Waals surface area contributed by atoms with E-state index in [2.05, 4.69) is 16.0 Å². The maximum atomic E-state index is 11.8. The number of unbranched alkanes of at least 4 members (excludes halogenated alkanes) is 9. The minimum atomic E-state index is -3.38. The van der Waals surface area contributed by atoms with Gasteiger partial charge >= 0.3 is 15.2 Å². The highest BCUT2D eigenvalue weighted by Gasteiger charge is 2.10. The van der Waals surface area contributed by atoms with Gasteiger partial charge in [0.15, 0.2) is 0 Å². The number of hydrogen-bond donors (Lipinski definition) is 5. The van der Waals surface area contributed by atoms with Gasteiger partial charge < -0.3 is 82.2 Å². The number of carbonyl (C=O) groups excluding carboxylic acids is 4. The van der Waals surface area contributed by atoms with E-state index >= 15 is 0 Å². The Morgan fingerprint density at radius 2 is 0.709 bits per heavy atom. The Labute approximate surface area is 482 Å². The molecule has 0 aliphatic rings. The van der Waals surface area contributed by atoms with Crippen LogP contribution in [-0.4, -0.2) is 236 Å². The number of Topliss-reactive ketones (excluding diaryl/α,β-unsaturated/α-hetero) is 1. The molecule has 2 unspecified atom stereocenters. The Morgan fingerprint density at radius 1 is 0.354 bits per heavy atom. The van der Waals surface area contributed by atoms with E-state index in [9.17, 15) is 28.3 Å². The Bertz CT molecular complexity index is 1480. The molecule has 3 amide bonds. The molecular weight excluding hydrogens is 1110 g/mol. The minimum absolute atomic E-state index is 0.0424. The van der Waals surface area contributed by atoms with Crippen molar-refractivity contribution in [3.8, 4) is 0 Å². The number of methoxy groups -OCH3 is 2. The highest BCUT2D eigenvalue weighted by atomic mass is 32.2. The zero-order chi connectivity index (χ0) is 58.4. The standard InChI is InChI=1S/C27H55N2O10PS.C25H50NO10PS/c1-34-14-8-5-6-10-24-41-25-27(31)29-13-17-36-19-21-38-23-22-37-20-18-35-16-11-26(30)28-12-7-3-4-9-15-39-40(2,32)33;1-31-12-8-22-38-23-24(27)9-7-13-32-16-18-34-20-21-35-19-17-33-15-10-25(28)26-11-5-3-4-6-14-36-37(2,29)30/h3-25H2,1-2H3,(H,28,30)(H,29,31)(H,32,33);3-23H2,1-2H3,(H,26,28)(H,29,30). The average Bonchev–Trinajstić information content (AvgIpc) is 3.40. The van der Waals surface area contributed by atoms with Crippen molar-refractivity contribution < 1.29 is 94.5 Å². The summed E-state index contributed by atoms with van der Waals surface area (Å²) in [5, 5.41) is 8.56. The second-order valence-corrected chi connectivity index (χ2v) is 24.0. The maximum Gasteiger partial charge on any atom is 0.325 e. The molecule has 0 aliphatic carbocycles. The van der Waals surface area contributed by atoms with Gasteiger partial charge in [-0.3, -0.25) is 28.3 Å². The number of nitrogens with one attached hydrogen (secondary N) is 3. The minimum Gasteiger partial charge on any atom is -0.385 e. The van der Waals surface area contributed by atoms with Gasteiger partial charge in [0, 0.05) is 86.3 Å². The molecule has 0 aromatic heterocycles. The van der Waals surface area contributed by atoms with Gasteiger partial charge in [0.25, 0.3) is 0 Å². The molecule has 5 N–H and O–H groups in total. The van der Waals surface area contributed by atoms with Crippen molar-refractivity contribution in [1.82, 2.24) is 16.0 Å². The zero-order valence-electron chi connectivity index (χ0n) is 48.6. The molecule has 79 heavy (non-hydrogen) atoms. The first-order chi connectivity index (χ1) is 38.2. The molecule has 0 aromatic carbocycles. The summed E-state index contributed by atoms with van der Waals surface area (Å²) in [7, 11) is -3.35. The molecule has 2 atom stereocenters. The summed E-state index contributed by atoms with van der Waals surface area (Å²) in [6, 6.07) is 0. The fourth-order valence-electron chi connectivity index (χ4n) is 6.33. The third-order valence-corrected chi connectivity index (χ3v) is 13.9. The van der Waals surface area contributed by atoms with Crippen LogP contribution in [0.25, 0.3) is 0 Å². The van der Waals surface area contributed by atoms with Gasteiger partial charge in [-0.25, -0.2) is 0 Å². The first-order valence-corrected chi connectivity index (χ1v) is 34.5. The highest BCUT2D eigenvalue weighted by molar-refractivity contribution is 8.00. The summed E-state index contributed by atoms with van der Waals surface area (Å²) in [5.74, 6) is 3.21. The van der Waals surface area contributed by atoms with Crippen LogP contribution in [-0.2, 0) is 84.7 Å². The third kappa shape index (κ3) is 74.7. The monoisotopic (exact) mass is 1220 g/mol. The van der Waals surface area contributed by atoms with Gasteiger partial charge in [0.2, 0.25) is 17.7 Å². The third-order valence-electron chi connectivity index (χ3n) is 10.5. The van der Waals surface area contributed by atoms with Crippen LogP contribution >= 0.6 is 38.7 Å². The van der Waals surface area contributed by atoms with Crippen LogP contribution in [0.5, 0.6) is 0 Å². The Morgan fingerprint density at radius 3 is 1.16 bits per heavy atom. The largest absolute Gasteiger partial charge is 0.385 e. The van der Waals surface area contributed by atoms with Crippen molar-refractivity contribution in [1.29, 1.82) is 0 Å². The molecule has 0 rings (SSSR count). The van der Waals surface area contributed by atoms with Crippen molar-refractivity contribution in [3.63, 3.8) is 0 Å². The van der Waals surface area contributed by atoms with E-state index < -0.39 is 15.2 Å². The van der Waals surface area contributed by atoms with Crippen LogP contribution in [0, 0.1) is 0 Å². The van der Waals surface area contributed by atoms with Gasteiger partial charge in [-0.2, -0.15) is 23.5 Å². The molecule has 23 nitrogen and oxygen atoms in total. The summed E-state index contributed by atoms with van der Waals surface area (Å²) in [6.45, 7) is 13.3. The summed E-state index contributed by atoms with van der Waals surface area (Å²) in [4.78, 5) is 65.1. The van der Waals surface area contributed by atoms with Crippen LogP contribution < -0.4 is 16.0 Å². The average molecular weight is 1220 g/mol. The number of amides is 3. The quantitative estimate of drug-likeness (QED) is 0.0341. The van der Waals surface area contributed by atoms with Crippen molar-refractivity contribution in [2.75, 3.05) is 202 Å². The molecule has 0 bridgehead atoms. The fraction of sp³-hybridized carbons (Fsp3) is 0.923. The molecule has 27 heteroatoms. The lowest BCUT2D eigenvalue weighted by atomic mass is 10.2. The van der Waals surface area contributed by atoms with Crippen molar-refractivity contribution in [2.45, 2.75) is 109 Å². The Balaban J connectivity index is 0. The van der Waals surface area contributed by atoms with Gasteiger partial charge in [0.1, 0.15) is 5.78 Å². The lowest BCUT2D eigenvalue weighted by molar-refractivity contribution is -0.123. The van der Waals surface area contributed by atoms with E-state index in [1.807, 2.05) is 0 Å². The fourth-order valence-corrected chi connectivity index (χ4v) is 8.95. The second kappa shape index (κ2) is 62.7. The van der Waals surface area contributed by atoms with Crippen LogP contribution in [0.4, 0.5) is 0 Å². The first kappa shape index (κ1) is 79.7. The summed E-state index contributed by atoms with van der Waals surface area (Å²) in [6.07, 6.45) is 14.2. The van der Waals surface area contributed by atoms with E-state index in [1.165, 1.54) is 26.2 Å². The molecule has 0 aliphatic heterocycles. The SMILES string of the molecule is COCCCCCCSCC(=O)NCCOCCOCCOCCOCCC(=O)NCCCCCCOP(C)(=O)O.COCCCSCC(=O)CCCOCCOCCOCCOCCC(=O)NCCCCCCOP(C)(=O)O. The number of carbonyl (C=O) groups is 4. The lowest BCUT2D eigenvalue weighted by Gasteiger charge is -2.09. The number of hydrogen-bond acceptors (Lipinski definition) is 20. The van der Waals surface area contributed by atoms with Gasteiger partial charge in [-0.15, -0.1) is 0 Å². The van der Waals surface area contributed by atoms with Gasteiger partial charge in [0.05, 0.1) is 124 Å². The predicted octanol–water partition coefficient (Wildman–Crippen LogP) is 6.08. The number of thioether (sulfide) groups is 2. The molecule has 0 fully saturated rings. The molecule has 470 valence electrons. The normalized spacial score (nSPS) is 12.8. The number of ketones is 1. The summed E-state index contributed by atoms with van der Waals surface area (Å²) < 4.78 is 85.1. The van der Waals surface area contributed by atoms with Crippen LogP contribution in [0.15, 0.2) is 0 Å². The van der Waals surface area contributed by atoms with Gasteiger partial charge in [-0.05, 0) is 62.9 Å². The van der Waals surface area contributed by atoms with E-state index in [-0.39, 0.29) is 36.7 Å². The number of rotatable bonds is 62.